The second-order valence-electron chi connectivity index (χ2n) is 6.00. The molecule has 1 fully saturated rings. The highest BCUT2D eigenvalue weighted by molar-refractivity contribution is 7.09. The van der Waals surface area contributed by atoms with Crippen LogP contribution in [-0.2, 0) is 9.63 Å². The quantitative estimate of drug-likeness (QED) is 0.529. The maximum atomic E-state index is 11.5. The molecule has 0 unspecified atom stereocenters. The molecule has 0 aliphatic carbocycles. The van der Waals surface area contributed by atoms with Crippen molar-refractivity contribution in [2.24, 2.45) is 10.6 Å². The van der Waals surface area contributed by atoms with Gasteiger partial charge in [-0.25, -0.2) is 9.78 Å². The van der Waals surface area contributed by atoms with Gasteiger partial charge in [0, 0.05) is 11.3 Å². The molecular formula is C14H21N3O2S. The highest BCUT2D eigenvalue weighted by Crippen LogP contribution is 2.27. The number of carbonyl (C=O) groups excluding carboxylic acids is 1. The molecule has 0 radical (unpaired) electrons. The molecule has 0 aromatic carbocycles. The van der Waals surface area contributed by atoms with Gasteiger partial charge in [-0.1, -0.05) is 5.16 Å². The van der Waals surface area contributed by atoms with Crippen LogP contribution in [0.5, 0.6) is 0 Å². The molecule has 0 atom stereocenters. The van der Waals surface area contributed by atoms with E-state index < -0.39 is 5.41 Å². The van der Waals surface area contributed by atoms with E-state index in [1.807, 2.05) is 5.38 Å². The van der Waals surface area contributed by atoms with Crippen LogP contribution in [0.1, 0.15) is 50.2 Å². The molecule has 2 heterocycles. The minimum atomic E-state index is -0.542. The number of hydrogen-bond donors (Lipinski definition) is 1. The van der Waals surface area contributed by atoms with Crippen molar-refractivity contribution in [1.82, 2.24) is 10.3 Å². The fraction of sp³-hybridized carbons (Fsp3) is 0.643. The molecule has 0 saturated carbocycles. The van der Waals surface area contributed by atoms with Gasteiger partial charge in [-0.15, -0.1) is 11.3 Å². The van der Waals surface area contributed by atoms with E-state index >= 15 is 0 Å². The van der Waals surface area contributed by atoms with E-state index in [0.29, 0.717) is 5.92 Å². The molecule has 1 aromatic rings. The van der Waals surface area contributed by atoms with Gasteiger partial charge in [-0.3, -0.25) is 0 Å². The Morgan fingerprint density at radius 1 is 1.50 bits per heavy atom. The Bertz CT molecular complexity index is 485. The van der Waals surface area contributed by atoms with Crippen LogP contribution in [0.2, 0.25) is 0 Å². The van der Waals surface area contributed by atoms with E-state index in [1.54, 1.807) is 32.1 Å². The fourth-order valence-corrected chi connectivity index (χ4v) is 2.82. The molecular weight excluding hydrogens is 274 g/mol. The van der Waals surface area contributed by atoms with E-state index in [9.17, 15) is 4.79 Å². The molecule has 1 saturated heterocycles. The van der Waals surface area contributed by atoms with Crippen molar-refractivity contribution in [3.63, 3.8) is 0 Å². The Morgan fingerprint density at radius 3 is 2.85 bits per heavy atom. The number of carbonyl (C=O) groups is 1. The first-order valence-corrected chi connectivity index (χ1v) is 7.76. The SMILES string of the molecule is CC(C)(C)C(=O)O/N=C\c1csc(C2CCNCC2)n1. The number of hydrogen-bond acceptors (Lipinski definition) is 6. The zero-order valence-corrected chi connectivity index (χ0v) is 13.0. The Kier molecular flexibility index (Phi) is 4.88. The van der Waals surface area contributed by atoms with Gasteiger partial charge in [0.1, 0.15) is 0 Å². The fourth-order valence-electron chi connectivity index (χ4n) is 1.88. The second kappa shape index (κ2) is 6.45. The highest BCUT2D eigenvalue weighted by atomic mass is 32.1. The molecule has 6 heteroatoms. The van der Waals surface area contributed by atoms with Crippen molar-refractivity contribution in [2.75, 3.05) is 13.1 Å². The molecule has 110 valence electrons. The number of nitrogens with zero attached hydrogens (tertiary/aromatic N) is 2. The molecule has 2 rings (SSSR count). The van der Waals surface area contributed by atoms with Crippen LogP contribution in [-0.4, -0.2) is 30.3 Å². The van der Waals surface area contributed by atoms with E-state index in [1.165, 1.54) is 6.21 Å². The average Bonchev–Trinajstić information content (AvgIpc) is 2.87. The molecule has 0 bridgehead atoms. The van der Waals surface area contributed by atoms with E-state index in [4.69, 9.17) is 4.84 Å². The van der Waals surface area contributed by atoms with Gasteiger partial charge in [0.2, 0.25) is 0 Å². The molecule has 1 aromatic heterocycles. The standard InChI is InChI=1S/C14H21N3O2S/c1-14(2,3)13(18)19-16-8-11-9-20-12(17-11)10-4-6-15-7-5-10/h8-10,15H,4-7H2,1-3H3/b16-8-. The third-order valence-electron chi connectivity index (χ3n) is 3.16. The Morgan fingerprint density at radius 2 is 2.20 bits per heavy atom. The first kappa shape index (κ1) is 15.1. The summed E-state index contributed by atoms with van der Waals surface area (Å²) >= 11 is 1.65. The summed E-state index contributed by atoms with van der Waals surface area (Å²) in [5.41, 5.74) is 0.213. The Labute approximate surface area is 123 Å². The highest BCUT2D eigenvalue weighted by Gasteiger charge is 2.23. The summed E-state index contributed by atoms with van der Waals surface area (Å²) in [5.74, 6) is 0.197. The lowest BCUT2D eigenvalue weighted by Gasteiger charge is -2.20. The third kappa shape index (κ3) is 4.11. The van der Waals surface area contributed by atoms with E-state index in [2.05, 4.69) is 15.5 Å². The summed E-state index contributed by atoms with van der Waals surface area (Å²) in [7, 11) is 0. The molecule has 0 amide bonds. The summed E-state index contributed by atoms with van der Waals surface area (Å²) in [6, 6.07) is 0. The van der Waals surface area contributed by atoms with Crippen LogP contribution in [0, 0.1) is 5.41 Å². The predicted octanol–water partition coefficient (Wildman–Crippen LogP) is 2.53. The monoisotopic (exact) mass is 295 g/mol. The van der Waals surface area contributed by atoms with E-state index in [-0.39, 0.29) is 5.97 Å². The maximum absolute atomic E-state index is 11.5. The summed E-state index contributed by atoms with van der Waals surface area (Å²) in [6.07, 6.45) is 3.76. The molecule has 20 heavy (non-hydrogen) atoms. The number of oxime groups is 1. The van der Waals surface area contributed by atoms with Crippen LogP contribution in [0.25, 0.3) is 0 Å². The van der Waals surface area contributed by atoms with Gasteiger partial charge in [0.25, 0.3) is 0 Å². The maximum Gasteiger partial charge on any atom is 0.340 e. The van der Waals surface area contributed by atoms with Gasteiger partial charge in [0.15, 0.2) is 0 Å². The van der Waals surface area contributed by atoms with Crippen LogP contribution in [0.15, 0.2) is 10.5 Å². The van der Waals surface area contributed by atoms with Crippen molar-refractivity contribution < 1.29 is 9.63 Å². The molecule has 1 aliphatic heterocycles. The van der Waals surface area contributed by atoms with Gasteiger partial charge in [-0.2, -0.15) is 0 Å². The van der Waals surface area contributed by atoms with E-state index in [0.717, 1.165) is 36.6 Å². The number of rotatable bonds is 3. The van der Waals surface area contributed by atoms with Crippen molar-refractivity contribution >= 4 is 23.5 Å². The number of piperidine rings is 1. The van der Waals surface area contributed by atoms with Crippen molar-refractivity contribution in [3.8, 4) is 0 Å². The summed E-state index contributed by atoms with van der Waals surface area (Å²) in [5, 5.41) is 10.2. The summed E-state index contributed by atoms with van der Waals surface area (Å²) in [4.78, 5) is 20.9. The lowest BCUT2D eigenvalue weighted by molar-refractivity contribution is -0.152. The lowest BCUT2D eigenvalue weighted by atomic mass is 9.98. The van der Waals surface area contributed by atoms with Gasteiger partial charge in [-0.05, 0) is 46.7 Å². The molecule has 0 spiro atoms. The van der Waals surface area contributed by atoms with Gasteiger partial charge in [0.05, 0.1) is 22.3 Å². The molecule has 1 N–H and O–H groups in total. The second-order valence-corrected chi connectivity index (χ2v) is 6.89. The summed E-state index contributed by atoms with van der Waals surface area (Å²) < 4.78 is 0. The normalized spacial score (nSPS) is 17.6. The Balaban J connectivity index is 1.90. The number of aromatic nitrogens is 1. The first-order valence-electron chi connectivity index (χ1n) is 6.88. The largest absolute Gasteiger partial charge is 0.340 e. The minimum absolute atomic E-state index is 0.345. The Hall–Kier alpha value is -1.27. The van der Waals surface area contributed by atoms with Crippen molar-refractivity contribution in [1.29, 1.82) is 0 Å². The molecule has 5 nitrogen and oxygen atoms in total. The van der Waals surface area contributed by atoms with Gasteiger partial charge >= 0.3 is 5.97 Å². The number of nitrogens with one attached hydrogen (secondary N) is 1. The first-order chi connectivity index (χ1) is 9.47. The van der Waals surface area contributed by atoms with Gasteiger partial charge < -0.3 is 10.2 Å². The van der Waals surface area contributed by atoms with Crippen molar-refractivity contribution in [2.45, 2.75) is 39.5 Å². The average molecular weight is 295 g/mol. The smallest absolute Gasteiger partial charge is 0.318 e. The summed E-state index contributed by atoms with van der Waals surface area (Å²) in [6.45, 7) is 7.49. The van der Waals surface area contributed by atoms with Crippen LogP contribution < -0.4 is 5.32 Å². The van der Waals surface area contributed by atoms with Crippen molar-refractivity contribution in [3.05, 3.63) is 16.1 Å². The van der Waals surface area contributed by atoms with Crippen LogP contribution in [0.3, 0.4) is 0 Å². The van der Waals surface area contributed by atoms with Crippen LogP contribution >= 0.6 is 11.3 Å². The third-order valence-corrected chi connectivity index (χ3v) is 4.19. The topological polar surface area (TPSA) is 63.6 Å². The zero-order valence-electron chi connectivity index (χ0n) is 12.2. The molecule has 1 aliphatic rings. The zero-order chi connectivity index (χ0) is 14.6. The van der Waals surface area contributed by atoms with Crippen LogP contribution in [0.4, 0.5) is 0 Å². The predicted molar refractivity (Wildman–Crippen MR) is 80.1 cm³/mol. The minimum Gasteiger partial charge on any atom is -0.318 e. The lowest BCUT2D eigenvalue weighted by Crippen LogP contribution is -2.26. The number of thiazole rings is 1.